The average Bonchev–Trinajstić information content (AvgIpc) is 2.32. The van der Waals surface area contributed by atoms with Crippen molar-refractivity contribution in [2.45, 2.75) is 26.4 Å². The van der Waals surface area contributed by atoms with Crippen molar-refractivity contribution in [2.24, 2.45) is 0 Å². The Bertz CT molecular complexity index is 607. The van der Waals surface area contributed by atoms with Gasteiger partial charge in [-0.2, -0.15) is 0 Å². The second-order valence-corrected chi connectivity index (χ2v) is 5.43. The van der Waals surface area contributed by atoms with Gasteiger partial charge in [-0.25, -0.2) is 4.98 Å². The molecule has 4 nitrogen and oxygen atoms in total. The smallest absolute Gasteiger partial charge is 0.261 e. The van der Waals surface area contributed by atoms with Crippen LogP contribution in [0.2, 0.25) is 0 Å². The molecule has 0 amide bonds. The van der Waals surface area contributed by atoms with Crippen LogP contribution in [0.25, 0.3) is 10.9 Å². The van der Waals surface area contributed by atoms with Crippen molar-refractivity contribution < 1.29 is 0 Å². The molecule has 0 aliphatic carbocycles. The van der Waals surface area contributed by atoms with E-state index in [1.54, 1.807) is 10.9 Å². The number of halogens is 1. The van der Waals surface area contributed by atoms with Crippen LogP contribution in [0, 0.1) is 0 Å². The molecule has 2 aromatic rings. The van der Waals surface area contributed by atoms with Crippen LogP contribution in [0.5, 0.6) is 0 Å². The van der Waals surface area contributed by atoms with Gasteiger partial charge in [-0.1, -0.05) is 29.8 Å². The Morgan fingerprint density at radius 1 is 1.44 bits per heavy atom. The number of benzene rings is 1. The van der Waals surface area contributed by atoms with Crippen LogP contribution in [0.1, 0.15) is 13.8 Å². The molecule has 0 saturated carbocycles. The lowest BCUT2D eigenvalue weighted by Crippen LogP contribution is -2.30. The van der Waals surface area contributed by atoms with Gasteiger partial charge in [0.1, 0.15) is 0 Å². The third kappa shape index (κ3) is 2.97. The van der Waals surface area contributed by atoms with Crippen molar-refractivity contribution in [1.29, 1.82) is 0 Å². The summed E-state index contributed by atoms with van der Waals surface area (Å²) in [5.74, 6) is 0. The zero-order valence-electron chi connectivity index (χ0n) is 10.5. The molecule has 2 rings (SSSR count). The molecule has 96 valence electrons. The van der Waals surface area contributed by atoms with Gasteiger partial charge in [0.05, 0.1) is 17.2 Å². The van der Waals surface area contributed by atoms with Crippen LogP contribution in [0.4, 0.5) is 0 Å². The summed E-state index contributed by atoms with van der Waals surface area (Å²) < 4.78 is 2.54. The van der Waals surface area contributed by atoms with Crippen LogP contribution < -0.4 is 10.9 Å². The average molecular weight is 310 g/mol. The molecule has 0 aliphatic heterocycles. The maximum atomic E-state index is 12.2. The molecule has 1 aromatic heterocycles. The lowest BCUT2D eigenvalue weighted by atomic mass is 10.2. The molecule has 0 atom stereocenters. The predicted octanol–water partition coefficient (Wildman–Crippen LogP) is 2.16. The Morgan fingerprint density at radius 2 is 2.22 bits per heavy atom. The Balaban J connectivity index is 2.30. The first-order valence-electron chi connectivity index (χ1n) is 5.96. The highest BCUT2D eigenvalue weighted by Gasteiger charge is 2.04. The second-order valence-electron chi connectivity index (χ2n) is 4.51. The predicted molar refractivity (Wildman–Crippen MR) is 76.8 cm³/mol. The van der Waals surface area contributed by atoms with Crippen LogP contribution in [-0.2, 0) is 6.54 Å². The molecule has 5 heteroatoms. The number of hydrogen-bond acceptors (Lipinski definition) is 3. The SMILES string of the molecule is CC(C)NCCn1cnc2ccc(Br)cc2c1=O. The molecule has 0 saturated heterocycles. The minimum Gasteiger partial charge on any atom is -0.313 e. The number of fused-ring (bicyclic) bond motifs is 1. The molecule has 0 radical (unpaired) electrons. The number of nitrogens with one attached hydrogen (secondary N) is 1. The first kappa shape index (κ1) is 13.2. The van der Waals surface area contributed by atoms with E-state index >= 15 is 0 Å². The van der Waals surface area contributed by atoms with Crippen molar-refractivity contribution in [1.82, 2.24) is 14.9 Å². The first-order valence-corrected chi connectivity index (χ1v) is 6.75. The highest BCUT2D eigenvalue weighted by atomic mass is 79.9. The molecule has 0 unspecified atom stereocenters. The fourth-order valence-electron chi connectivity index (χ4n) is 1.76. The van der Waals surface area contributed by atoms with Crippen molar-refractivity contribution in [3.05, 3.63) is 39.4 Å². The number of hydrogen-bond donors (Lipinski definition) is 1. The Morgan fingerprint density at radius 3 is 2.94 bits per heavy atom. The lowest BCUT2D eigenvalue weighted by Gasteiger charge is -2.10. The third-order valence-corrected chi connectivity index (χ3v) is 3.18. The number of nitrogens with zero attached hydrogens (tertiary/aromatic N) is 2. The molecule has 18 heavy (non-hydrogen) atoms. The van der Waals surface area contributed by atoms with Gasteiger partial charge in [0.15, 0.2) is 0 Å². The summed E-state index contributed by atoms with van der Waals surface area (Å²) in [6.45, 7) is 5.56. The van der Waals surface area contributed by atoms with Crippen molar-refractivity contribution in [3.8, 4) is 0 Å². The van der Waals surface area contributed by atoms with E-state index in [-0.39, 0.29) is 5.56 Å². The van der Waals surface area contributed by atoms with Gasteiger partial charge in [-0.05, 0) is 18.2 Å². The quantitative estimate of drug-likeness (QED) is 0.941. The Kier molecular flexibility index (Phi) is 4.14. The highest BCUT2D eigenvalue weighted by molar-refractivity contribution is 9.10. The zero-order valence-corrected chi connectivity index (χ0v) is 12.1. The van der Waals surface area contributed by atoms with E-state index in [0.29, 0.717) is 18.0 Å². The van der Waals surface area contributed by atoms with Gasteiger partial charge < -0.3 is 5.32 Å². The summed E-state index contributed by atoms with van der Waals surface area (Å²) >= 11 is 3.37. The van der Waals surface area contributed by atoms with Gasteiger partial charge in [0, 0.05) is 23.6 Å². The van der Waals surface area contributed by atoms with Crippen LogP contribution in [0.3, 0.4) is 0 Å². The summed E-state index contributed by atoms with van der Waals surface area (Å²) in [4.78, 5) is 16.5. The van der Waals surface area contributed by atoms with E-state index in [2.05, 4.69) is 40.1 Å². The fraction of sp³-hybridized carbons (Fsp3) is 0.385. The number of aromatic nitrogens is 2. The summed E-state index contributed by atoms with van der Waals surface area (Å²) in [6, 6.07) is 5.97. The zero-order chi connectivity index (χ0) is 13.1. The Hall–Kier alpha value is -1.20. The lowest BCUT2D eigenvalue weighted by molar-refractivity contribution is 0.532. The molecular weight excluding hydrogens is 294 g/mol. The molecule has 0 spiro atoms. The van der Waals surface area contributed by atoms with Gasteiger partial charge >= 0.3 is 0 Å². The normalized spacial score (nSPS) is 11.3. The standard InChI is InChI=1S/C13H16BrN3O/c1-9(2)15-5-6-17-8-16-12-4-3-10(14)7-11(12)13(17)18/h3-4,7-9,15H,5-6H2,1-2H3. The minimum absolute atomic E-state index is 0.00635. The molecule has 0 aliphatic rings. The maximum Gasteiger partial charge on any atom is 0.261 e. The van der Waals surface area contributed by atoms with Crippen molar-refractivity contribution in [3.63, 3.8) is 0 Å². The fourth-order valence-corrected chi connectivity index (χ4v) is 2.13. The van der Waals surface area contributed by atoms with E-state index in [9.17, 15) is 4.79 Å². The van der Waals surface area contributed by atoms with Gasteiger partial charge in [-0.15, -0.1) is 0 Å². The van der Waals surface area contributed by atoms with Gasteiger partial charge in [-0.3, -0.25) is 9.36 Å². The third-order valence-electron chi connectivity index (χ3n) is 2.69. The Labute approximate surface area is 114 Å². The van der Waals surface area contributed by atoms with Crippen molar-refractivity contribution in [2.75, 3.05) is 6.54 Å². The summed E-state index contributed by atoms with van der Waals surface area (Å²) in [5.41, 5.74) is 0.739. The van der Waals surface area contributed by atoms with E-state index in [4.69, 9.17) is 0 Å². The monoisotopic (exact) mass is 309 g/mol. The maximum absolute atomic E-state index is 12.2. The van der Waals surface area contributed by atoms with Crippen LogP contribution in [-0.4, -0.2) is 22.1 Å². The van der Waals surface area contributed by atoms with Crippen LogP contribution in [0.15, 0.2) is 33.8 Å². The van der Waals surface area contributed by atoms with E-state index < -0.39 is 0 Å². The second kappa shape index (κ2) is 5.63. The largest absolute Gasteiger partial charge is 0.313 e. The summed E-state index contributed by atoms with van der Waals surface area (Å²) in [7, 11) is 0. The minimum atomic E-state index is 0.00635. The van der Waals surface area contributed by atoms with E-state index in [1.165, 1.54) is 0 Å². The molecular formula is C13H16BrN3O. The molecule has 1 heterocycles. The highest BCUT2D eigenvalue weighted by Crippen LogP contribution is 2.14. The first-order chi connectivity index (χ1) is 8.58. The summed E-state index contributed by atoms with van der Waals surface area (Å²) in [6.07, 6.45) is 1.61. The van der Waals surface area contributed by atoms with Gasteiger partial charge in [0.25, 0.3) is 5.56 Å². The van der Waals surface area contributed by atoms with Crippen molar-refractivity contribution >= 4 is 26.8 Å². The number of rotatable bonds is 4. The molecule has 0 bridgehead atoms. The van der Waals surface area contributed by atoms with E-state index in [0.717, 1.165) is 16.5 Å². The summed E-state index contributed by atoms with van der Waals surface area (Å²) in [5, 5.41) is 3.93. The van der Waals surface area contributed by atoms with E-state index in [1.807, 2.05) is 18.2 Å². The molecule has 1 N–H and O–H groups in total. The molecule has 1 aromatic carbocycles. The van der Waals surface area contributed by atoms with Gasteiger partial charge in [0.2, 0.25) is 0 Å². The molecule has 0 fully saturated rings. The van der Waals surface area contributed by atoms with Crippen LogP contribution >= 0.6 is 15.9 Å². The topological polar surface area (TPSA) is 46.9 Å².